The Morgan fingerprint density at radius 2 is 2.16 bits per heavy atom. The number of hydrogen-bond acceptors (Lipinski definition) is 2. The van der Waals surface area contributed by atoms with Crippen molar-refractivity contribution in [2.24, 2.45) is 0 Å². The molecule has 0 aliphatic heterocycles. The van der Waals surface area contributed by atoms with Crippen molar-refractivity contribution in [1.29, 1.82) is 0 Å². The Balaban J connectivity index is 2.37. The summed E-state index contributed by atoms with van der Waals surface area (Å²) in [6.07, 6.45) is 2.63. The molecule has 0 spiro atoms. The maximum Gasteiger partial charge on any atom is 0.139 e. The van der Waals surface area contributed by atoms with E-state index in [1.165, 1.54) is 0 Å². The summed E-state index contributed by atoms with van der Waals surface area (Å²) in [6, 6.07) is 7.00. The largest absolute Gasteiger partial charge is 0.466 e. The zero-order valence-corrected chi connectivity index (χ0v) is 12.6. The predicted octanol–water partition coefficient (Wildman–Crippen LogP) is 4.58. The van der Waals surface area contributed by atoms with Gasteiger partial charge in [-0.25, -0.2) is 4.39 Å². The third-order valence-electron chi connectivity index (χ3n) is 3.03. The van der Waals surface area contributed by atoms with E-state index in [1.807, 2.05) is 12.1 Å². The Hall–Kier alpha value is -1.13. The highest BCUT2D eigenvalue weighted by molar-refractivity contribution is 9.10. The van der Waals surface area contributed by atoms with Crippen molar-refractivity contribution in [3.8, 4) is 0 Å². The molecular formula is C15H17BrFNO. The summed E-state index contributed by atoms with van der Waals surface area (Å²) in [5.74, 6) is 0.584. The zero-order valence-electron chi connectivity index (χ0n) is 11.0. The predicted molar refractivity (Wildman–Crippen MR) is 77.7 cm³/mol. The lowest BCUT2D eigenvalue weighted by Crippen LogP contribution is -2.23. The summed E-state index contributed by atoms with van der Waals surface area (Å²) in [5, 5.41) is 3.39. The molecule has 1 atom stereocenters. The number of aryl methyl sites for hydroxylation is 1. The Morgan fingerprint density at radius 3 is 2.74 bits per heavy atom. The van der Waals surface area contributed by atoms with Crippen molar-refractivity contribution in [2.75, 3.05) is 6.54 Å². The third kappa shape index (κ3) is 3.25. The van der Waals surface area contributed by atoms with E-state index in [0.717, 1.165) is 28.8 Å². The fourth-order valence-electron chi connectivity index (χ4n) is 1.95. The first-order valence-corrected chi connectivity index (χ1v) is 7.15. The highest BCUT2D eigenvalue weighted by atomic mass is 79.9. The Morgan fingerprint density at radius 1 is 1.37 bits per heavy atom. The molecule has 1 aromatic carbocycles. The number of benzene rings is 1. The molecule has 19 heavy (non-hydrogen) atoms. The normalized spacial score (nSPS) is 12.6. The number of nitrogens with one attached hydrogen (secondary N) is 1. The monoisotopic (exact) mass is 325 g/mol. The minimum absolute atomic E-state index is 0.139. The van der Waals surface area contributed by atoms with Gasteiger partial charge >= 0.3 is 0 Å². The van der Waals surface area contributed by atoms with Gasteiger partial charge in [0.05, 0.1) is 16.8 Å². The molecule has 0 fully saturated rings. The molecule has 102 valence electrons. The van der Waals surface area contributed by atoms with E-state index < -0.39 is 0 Å². The third-order valence-corrected chi connectivity index (χ3v) is 3.69. The molecule has 0 radical (unpaired) electrons. The standard InChI is InChI=1S/C15H17BrFNO/c1-3-7-18-14(15-12(16)6-8-19-15)11-5-4-10(2)13(17)9-11/h4-6,8-9,14,18H,3,7H2,1-2H3. The molecule has 2 aromatic rings. The SMILES string of the molecule is CCCNC(c1ccc(C)c(F)c1)c1occc1Br. The van der Waals surface area contributed by atoms with Crippen LogP contribution in [0.4, 0.5) is 4.39 Å². The summed E-state index contributed by atoms with van der Waals surface area (Å²) in [5.41, 5.74) is 1.52. The van der Waals surface area contributed by atoms with Gasteiger partial charge in [0.15, 0.2) is 0 Å². The molecule has 1 heterocycles. The van der Waals surface area contributed by atoms with Gasteiger partial charge in [-0.15, -0.1) is 0 Å². The summed E-state index contributed by atoms with van der Waals surface area (Å²) < 4.78 is 20.1. The second-order valence-corrected chi connectivity index (χ2v) is 5.38. The Labute approximate surface area is 121 Å². The van der Waals surface area contributed by atoms with E-state index in [2.05, 4.69) is 28.2 Å². The molecule has 0 saturated heterocycles. The van der Waals surface area contributed by atoms with E-state index in [9.17, 15) is 4.39 Å². The summed E-state index contributed by atoms with van der Waals surface area (Å²) >= 11 is 3.46. The van der Waals surface area contributed by atoms with Crippen molar-refractivity contribution >= 4 is 15.9 Å². The van der Waals surface area contributed by atoms with Crippen LogP contribution in [0.1, 0.15) is 36.3 Å². The van der Waals surface area contributed by atoms with Crippen LogP contribution >= 0.6 is 15.9 Å². The molecule has 0 aliphatic carbocycles. The van der Waals surface area contributed by atoms with Crippen molar-refractivity contribution in [1.82, 2.24) is 5.32 Å². The van der Waals surface area contributed by atoms with E-state index >= 15 is 0 Å². The number of rotatable bonds is 5. The zero-order chi connectivity index (χ0) is 13.8. The molecule has 1 aromatic heterocycles. The van der Waals surface area contributed by atoms with E-state index in [4.69, 9.17) is 4.42 Å². The van der Waals surface area contributed by atoms with Gasteiger partial charge in [-0.2, -0.15) is 0 Å². The topological polar surface area (TPSA) is 25.2 Å². The van der Waals surface area contributed by atoms with Crippen LogP contribution in [-0.2, 0) is 0 Å². The van der Waals surface area contributed by atoms with Crippen LogP contribution in [0.3, 0.4) is 0 Å². The van der Waals surface area contributed by atoms with Crippen LogP contribution in [0, 0.1) is 12.7 Å². The molecule has 1 N–H and O–H groups in total. The fraction of sp³-hybridized carbons (Fsp3) is 0.333. The molecule has 0 aliphatic rings. The molecule has 0 amide bonds. The Bertz CT molecular complexity index is 553. The first kappa shape index (κ1) is 14.3. The van der Waals surface area contributed by atoms with E-state index in [-0.39, 0.29) is 11.9 Å². The highest BCUT2D eigenvalue weighted by Crippen LogP contribution is 2.30. The quantitative estimate of drug-likeness (QED) is 0.870. The average molecular weight is 326 g/mol. The van der Waals surface area contributed by atoms with Crippen molar-refractivity contribution in [3.63, 3.8) is 0 Å². The number of halogens is 2. The maximum absolute atomic E-state index is 13.7. The molecule has 4 heteroatoms. The molecule has 2 rings (SSSR count). The lowest BCUT2D eigenvalue weighted by atomic mass is 10.0. The maximum atomic E-state index is 13.7. The van der Waals surface area contributed by atoms with Gasteiger partial charge in [-0.1, -0.05) is 19.1 Å². The van der Waals surface area contributed by atoms with Gasteiger partial charge in [0.25, 0.3) is 0 Å². The van der Waals surface area contributed by atoms with Gasteiger partial charge in [0.1, 0.15) is 11.6 Å². The first-order valence-electron chi connectivity index (χ1n) is 6.35. The molecule has 1 unspecified atom stereocenters. The molecule has 0 bridgehead atoms. The van der Waals surface area contributed by atoms with E-state index in [1.54, 1.807) is 25.3 Å². The number of furan rings is 1. The second-order valence-electron chi connectivity index (χ2n) is 4.53. The summed E-state index contributed by atoms with van der Waals surface area (Å²) in [7, 11) is 0. The molecule has 2 nitrogen and oxygen atoms in total. The molecular weight excluding hydrogens is 309 g/mol. The molecule has 0 saturated carbocycles. The minimum atomic E-state index is -0.191. The summed E-state index contributed by atoms with van der Waals surface area (Å²) in [6.45, 7) is 4.70. The van der Waals surface area contributed by atoms with E-state index in [0.29, 0.717) is 5.56 Å². The van der Waals surface area contributed by atoms with Gasteiger partial charge in [-0.3, -0.25) is 0 Å². The summed E-state index contributed by atoms with van der Waals surface area (Å²) in [4.78, 5) is 0. The van der Waals surface area contributed by atoms with Gasteiger partial charge in [0.2, 0.25) is 0 Å². The van der Waals surface area contributed by atoms with Crippen molar-refractivity contribution < 1.29 is 8.81 Å². The van der Waals surface area contributed by atoms with Crippen LogP contribution in [0.15, 0.2) is 39.4 Å². The second kappa shape index (κ2) is 6.35. The highest BCUT2D eigenvalue weighted by Gasteiger charge is 2.20. The lowest BCUT2D eigenvalue weighted by molar-refractivity contribution is 0.443. The first-order chi connectivity index (χ1) is 9.13. The van der Waals surface area contributed by atoms with Gasteiger partial charge < -0.3 is 9.73 Å². The Kier molecular flexibility index (Phi) is 4.77. The lowest BCUT2D eigenvalue weighted by Gasteiger charge is -2.18. The average Bonchev–Trinajstić information content (AvgIpc) is 2.80. The minimum Gasteiger partial charge on any atom is -0.466 e. The fourth-order valence-corrected chi connectivity index (χ4v) is 2.38. The smallest absolute Gasteiger partial charge is 0.139 e. The number of hydrogen-bond donors (Lipinski definition) is 1. The van der Waals surface area contributed by atoms with Crippen LogP contribution in [0.25, 0.3) is 0 Å². The van der Waals surface area contributed by atoms with Crippen LogP contribution in [-0.4, -0.2) is 6.54 Å². The van der Waals surface area contributed by atoms with Crippen LogP contribution in [0.2, 0.25) is 0 Å². The van der Waals surface area contributed by atoms with Crippen LogP contribution < -0.4 is 5.32 Å². The van der Waals surface area contributed by atoms with Crippen molar-refractivity contribution in [2.45, 2.75) is 26.3 Å². The van der Waals surface area contributed by atoms with Gasteiger partial charge in [0, 0.05) is 0 Å². The van der Waals surface area contributed by atoms with Crippen molar-refractivity contribution in [3.05, 3.63) is 57.7 Å². The van der Waals surface area contributed by atoms with Crippen LogP contribution in [0.5, 0.6) is 0 Å². The van der Waals surface area contributed by atoms with Gasteiger partial charge in [-0.05, 0) is 59.1 Å².